The molecule has 4 rings (SSSR count). The van der Waals surface area contributed by atoms with Crippen LogP contribution in [0.2, 0.25) is 0 Å². The summed E-state index contributed by atoms with van der Waals surface area (Å²) in [5.74, 6) is -2.63. The Bertz CT molecular complexity index is 1030. The van der Waals surface area contributed by atoms with Gasteiger partial charge in [0, 0.05) is 23.4 Å². The summed E-state index contributed by atoms with van der Waals surface area (Å²) >= 11 is 0. The summed E-state index contributed by atoms with van der Waals surface area (Å²) in [5.41, 5.74) is 1.15. The van der Waals surface area contributed by atoms with Gasteiger partial charge in [-0.2, -0.15) is 4.98 Å². The summed E-state index contributed by atoms with van der Waals surface area (Å²) in [5, 5.41) is 9.30. The SMILES string of the molecule is CC(CN(c1ccccc1)c1nc2c(o1)C(=O)c1ccccc1C2=O)C(=O)O. The van der Waals surface area contributed by atoms with E-state index >= 15 is 0 Å². The van der Waals surface area contributed by atoms with E-state index in [2.05, 4.69) is 4.98 Å². The number of ketones is 2. The molecule has 1 aliphatic rings. The van der Waals surface area contributed by atoms with Gasteiger partial charge in [0.1, 0.15) is 0 Å². The number of carbonyl (C=O) groups is 3. The van der Waals surface area contributed by atoms with Crippen LogP contribution in [0.1, 0.15) is 39.1 Å². The minimum absolute atomic E-state index is 0.0128. The number of rotatable bonds is 5. The number of nitrogens with zero attached hydrogens (tertiary/aromatic N) is 2. The molecule has 0 bridgehead atoms. The van der Waals surface area contributed by atoms with Crippen molar-refractivity contribution in [2.75, 3.05) is 11.4 Å². The van der Waals surface area contributed by atoms with E-state index in [1.165, 1.54) is 0 Å². The van der Waals surface area contributed by atoms with E-state index in [1.54, 1.807) is 60.4 Å². The Balaban J connectivity index is 1.80. The summed E-state index contributed by atoms with van der Waals surface area (Å²) < 4.78 is 5.69. The first kappa shape index (κ1) is 17.7. The van der Waals surface area contributed by atoms with Crippen molar-refractivity contribution in [2.24, 2.45) is 5.92 Å². The molecular formula is C21H16N2O5. The number of aliphatic carboxylic acids is 1. The van der Waals surface area contributed by atoms with E-state index in [1.807, 2.05) is 6.07 Å². The predicted octanol–water partition coefficient (Wildman–Crippen LogP) is 3.31. The number of benzene rings is 2. The summed E-state index contributed by atoms with van der Waals surface area (Å²) in [6.07, 6.45) is 0. The second-order valence-electron chi connectivity index (χ2n) is 6.56. The zero-order valence-electron chi connectivity index (χ0n) is 15.0. The van der Waals surface area contributed by atoms with Crippen LogP contribution in [0.4, 0.5) is 11.7 Å². The quantitative estimate of drug-likeness (QED) is 0.570. The fourth-order valence-corrected chi connectivity index (χ4v) is 3.11. The first-order valence-corrected chi connectivity index (χ1v) is 8.72. The summed E-state index contributed by atoms with van der Waals surface area (Å²) in [7, 11) is 0. The number of carboxylic acid groups (broad SMARTS) is 1. The monoisotopic (exact) mass is 376 g/mol. The Hall–Kier alpha value is -3.74. The van der Waals surface area contributed by atoms with Crippen LogP contribution in [0.5, 0.6) is 0 Å². The molecule has 140 valence electrons. The van der Waals surface area contributed by atoms with Crippen molar-refractivity contribution in [3.05, 3.63) is 77.2 Å². The Morgan fingerprint density at radius 2 is 1.64 bits per heavy atom. The van der Waals surface area contributed by atoms with Crippen molar-refractivity contribution in [3.8, 4) is 0 Å². The van der Waals surface area contributed by atoms with Crippen LogP contribution in [0.15, 0.2) is 59.0 Å². The van der Waals surface area contributed by atoms with Crippen molar-refractivity contribution >= 4 is 29.2 Å². The smallest absolute Gasteiger partial charge is 0.308 e. The molecule has 7 nitrogen and oxygen atoms in total. The molecule has 1 N–H and O–H groups in total. The minimum atomic E-state index is -0.975. The summed E-state index contributed by atoms with van der Waals surface area (Å²) in [6, 6.07) is 15.5. The van der Waals surface area contributed by atoms with E-state index in [0.29, 0.717) is 5.69 Å². The van der Waals surface area contributed by atoms with E-state index in [-0.39, 0.29) is 40.9 Å². The topological polar surface area (TPSA) is 101 Å². The van der Waals surface area contributed by atoms with E-state index < -0.39 is 17.7 Å². The molecule has 28 heavy (non-hydrogen) atoms. The highest BCUT2D eigenvalue weighted by Gasteiger charge is 2.36. The lowest BCUT2D eigenvalue weighted by atomic mass is 9.91. The van der Waals surface area contributed by atoms with Crippen molar-refractivity contribution < 1.29 is 23.9 Å². The number of para-hydroxylation sites is 1. The molecule has 1 aliphatic carbocycles. The molecular weight excluding hydrogens is 360 g/mol. The number of hydrogen-bond acceptors (Lipinski definition) is 6. The van der Waals surface area contributed by atoms with Gasteiger partial charge < -0.3 is 9.52 Å². The van der Waals surface area contributed by atoms with E-state index in [4.69, 9.17) is 4.42 Å². The molecule has 0 saturated carbocycles. The van der Waals surface area contributed by atoms with Gasteiger partial charge in [0.2, 0.25) is 17.3 Å². The number of aromatic nitrogens is 1. The lowest BCUT2D eigenvalue weighted by Gasteiger charge is -2.22. The van der Waals surface area contributed by atoms with Gasteiger partial charge in [-0.05, 0) is 12.1 Å². The molecule has 0 radical (unpaired) electrons. The van der Waals surface area contributed by atoms with Crippen LogP contribution in [-0.2, 0) is 4.79 Å². The van der Waals surface area contributed by atoms with Gasteiger partial charge in [0.25, 0.3) is 0 Å². The first-order valence-electron chi connectivity index (χ1n) is 8.72. The number of fused-ring (bicyclic) bond motifs is 2. The molecule has 0 aliphatic heterocycles. The summed E-state index contributed by atoms with van der Waals surface area (Å²) in [6.45, 7) is 1.63. The lowest BCUT2D eigenvalue weighted by molar-refractivity contribution is -0.140. The Morgan fingerprint density at radius 1 is 1.04 bits per heavy atom. The third-order valence-corrected chi connectivity index (χ3v) is 4.63. The van der Waals surface area contributed by atoms with Crippen LogP contribution in [-0.4, -0.2) is 34.2 Å². The average Bonchev–Trinajstić information content (AvgIpc) is 3.16. The normalized spacial score (nSPS) is 13.6. The van der Waals surface area contributed by atoms with Gasteiger partial charge in [0.15, 0.2) is 5.69 Å². The molecule has 0 spiro atoms. The molecule has 1 atom stereocenters. The van der Waals surface area contributed by atoms with Gasteiger partial charge in [-0.1, -0.05) is 49.4 Å². The predicted molar refractivity (Wildman–Crippen MR) is 100 cm³/mol. The van der Waals surface area contributed by atoms with Crippen molar-refractivity contribution in [3.63, 3.8) is 0 Å². The molecule has 1 heterocycles. The zero-order valence-corrected chi connectivity index (χ0v) is 15.0. The molecule has 7 heteroatoms. The van der Waals surface area contributed by atoms with Crippen LogP contribution in [0.25, 0.3) is 0 Å². The maximum atomic E-state index is 12.8. The highest BCUT2D eigenvalue weighted by Crippen LogP contribution is 2.33. The van der Waals surface area contributed by atoms with Crippen molar-refractivity contribution in [1.29, 1.82) is 0 Å². The highest BCUT2D eigenvalue weighted by atomic mass is 16.4. The molecule has 3 aromatic rings. The van der Waals surface area contributed by atoms with Gasteiger partial charge in [-0.25, -0.2) is 0 Å². The summed E-state index contributed by atoms with van der Waals surface area (Å²) in [4.78, 5) is 42.7. The second kappa shape index (κ2) is 6.77. The number of hydrogen-bond donors (Lipinski definition) is 1. The molecule has 1 unspecified atom stereocenters. The molecule has 0 amide bonds. The van der Waals surface area contributed by atoms with Crippen LogP contribution in [0.3, 0.4) is 0 Å². The average molecular weight is 376 g/mol. The number of oxazole rings is 1. The third-order valence-electron chi connectivity index (χ3n) is 4.63. The molecule has 2 aromatic carbocycles. The molecule has 1 aromatic heterocycles. The highest BCUT2D eigenvalue weighted by molar-refractivity contribution is 6.26. The van der Waals surface area contributed by atoms with Gasteiger partial charge in [-0.15, -0.1) is 0 Å². The molecule has 0 fully saturated rings. The fraction of sp³-hybridized carbons (Fsp3) is 0.143. The number of carboxylic acids is 1. The standard InChI is InChI=1S/C21H16N2O5/c1-12(20(26)27)11-23(13-7-3-2-4-8-13)21-22-16-17(24)14-9-5-6-10-15(14)18(25)19(16)28-21/h2-10,12H,11H2,1H3,(H,26,27). The number of anilines is 2. The van der Waals surface area contributed by atoms with Crippen molar-refractivity contribution in [1.82, 2.24) is 4.98 Å². The fourth-order valence-electron chi connectivity index (χ4n) is 3.11. The largest absolute Gasteiger partial charge is 0.481 e. The maximum Gasteiger partial charge on any atom is 0.308 e. The van der Waals surface area contributed by atoms with Crippen LogP contribution in [0, 0.1) is 5.92 Å². The second-order valence-corrected chi connectivity index (χ2v) is 6.56. The lowest BCUT2D eigenvalue weighted by Crippen LogP contribution is -2.28. The third kappa shape index (κ3) is 2.87. The number of carbonyl (C=O) groups excluding carboxylic acids is 2. The van der Waals surface area contributed by atoms with Gasteiger partial charge in [-0.3, -0.25) is 19.3 Å². The van der Waals surface area contributed by atoms with E-state index in [0.717, 1.165) is 0 Å². The Morgan fingerprint density at radius 3 is 2.29 bits per heavy atom. The Labute approximate surface area is 160 Å². The van der Waals surface area contributed by atoms with Gasteiger partial charge >= 0.3 is 12.0 Å². The zero-order chi connectivity index (χ0) is 19.8. The maximum absolute atomic E-state index is 12.8. The molecule has 0 saturated heterocycles. The first-order chi connectivity index (χ1) is 13.5. The van der Waals surface area contributed by atoms with Gasteiger partial charge in [0.05, 0.1) is 5.92 Å². The Kier molecular flexibility index (Phi) is 4.27. The van der Waals surface area contributed by atoms with Crippen molar-refractivity contribution in [2.45, 2.75) is 6.92 Å². The van der Waals surface area contributed by atoms with E-state index in [9.17, 15) is 19.5 Å². The minimum Gasteiger partial charge on any atom is -0.481 e. The van der Waals surface area contributed by atoms with Crippen LogP contribution < -0.4 is 4.90 Å². The van der Waals surface area contributed by atoms with Crippen LogP contribution >= 0.6 is 0 Å².